The second kappa shape index (κ2) is 7.88. The maximum Gasteiger partial charge on any atom is 0.410 e. The number of rotatable bonds is 4. The van der Waals surface area contributed by atoms with Crippen molar-refractivity contribution in [2.75, 3.05) is 37.6 Å². The van der Waals surface area contributed by atoms with Crippen molar-refractivity contribution in [3.05, 3.63) is 29.8 Å². The molecule has 1 aromatic carbocycles. The largest absolute Gasteiger partial charge is 0.444 e. The Hall–Kier alpha value is -1.75. The van der Waals surface area contributed by atoms with Gasteiger partial charge < -0.3 is 19.9 Å². The van der Waals surface area contributed by atoms with Gasteiger partial charge in [0.2, 0.25) is 0 Å². The van der Waals surface area contributed by atoms with E-state index in [0.717, 1.165) is 19.6 Å². The highest BCUT2D eigenvalue weighted by atomic mass is 16.6. The average Bonchev–Trinajstić information content (AvgIpc) is 2.55. The van der Waals surface area contributed by atoms with Crippen molar-refractivity contribution < 1.29 is 9.53 Å². The fourth-order valence-corrected chi connectivity index (χ4v) is 2.97. The molecule has 1 fully saturated rings. The molecular formula is C19H31N3O2. The number of ether oxygens (including phenoxy) is 1. The zero-order chi connectivity index (χ0) is 17.7. The van der Waals surface area contributed by atoms with E-state index in [1.54, 1.807) is 4.90 Å². The summed E-state index contributed by atoms with van der Waals surface area (Å²) in [6.07, 6.45) is -0.228. The topological polar surface area (TPSA) is 44.8 Å². The van der Waals surface area contributed by atoms with Crippen molar-refractivity contribution in [2.24, 2.45) is 0 Å². The molecule has 0 saturated carbocycles. The molecule has 1 aromatic rings. The van der Waals surface area contributed by atoms with Gasteiger partial charge in [0.25, 0.3) is 0 Å². The third-order valence-electron chi connectivity index (χ3n) is 4.25. The Balaban J connectivity index is 2.03. The molecule has 1 unspecified atom stereocenters. The van der Waals surface area contributed by atoms with E-state index in [4.69, 9.17) is 4.74 Å². The summed E-state index contributed by atoms with van der Waals surface area (Å²) in [5, 5.41) is 3.50. The smallest absolute Gasteiger partial charge is 0.410 e. The van der Waals surface area contributed by atoms with Crippen LogP contribution < -0.4 is 10.2 Å². The van der Waals surface area contributed by atoms with Gasteiger partial charge in [-0.05, 0) is 52.3 Å². The van der Waals surface area contributed by atoms with Crippen LogP contribution in [0.25, 0.3) is 0 Å². The monoisotopic (exact) mass is 333 g/mol. The second-order valence-electron chi connectivity index (χ2n) is 7.20. The molecule has 5 nitrogen and oxygen atoms in total. The Kier molecular flexibility index (Phi) is 6.10. The molecule has 1 amide bonds. The summed E-state index contributed by atoms with van der Waals surface area (Å²) < 4.78 is 5.49. The molecule has 2 rings (SSSR count). The lowest BCUT2D eigenvalue weighted by Gasteiger charge is -2.35. The quantitative estimate of drug-likeness (QED) is 0.917. The van der Waals surface area contributed by atoms with E-state index < -0.39 is 5.60 Å². The van der Waals surface area contributed by atoms with Crippen LogP contribution >= 0.6 is 0 Å². The number of anilines is 1. The number of amides is 1. The average molecular weight is 333 g/mol. The van der Waals surface area contributed by atoms with E-state index in [2.05, 4.69) is 48.3 Å². The Bertz CT molecular complexity index is 533. The minimum atomic E-state index is -0.455. The minimum absolute atomic E-state index is 0.150. The molecule has 1 aliphatic rings. The van der Waals surface area contributed by atoms with Crippen LogP contribution in [0.4, 0.5) is 10.5 Å². The van der Waals surface area contributed by atoms with Crippen LogP contribution in [0.3, 0.4) is 0 Å². The summed E-state index contributed by atoms with van der Waals surface area (Å²) in [5.41, 5.74) is 1.99. The van der Waals surface area contributed by atoms with Gasteiger partial charge in [0, 0.05) is 38.4 Å². The number of piperazine rings is 1. The van der Waals surface area contributed by atoms with Gasteiger partial charge in [-0.25, -0.2) is 4.79 Å². The molecule has 0 aliphatic carbocycles. The van der Waals surface area contributed by atoms with Crippen LogP contribution in [0.1, 0.15) is 46.2 Å². The molecule has 0 bridgehead atoms. The van der Waals surface area contributed by atoms with E-state index in [-0.39, 0.29) is 12.1 Å². The van der Waals surface area contributed by atoms with Crippen LogP contribution in [-0.4, -0.2) is 49.3 Å². The molecule has 0 aromatic heterocycles. The summed E-state index contributed by atoms with van der Waals surface area (Å²) in [4.78, 5) is 16.4. The SMILES string of the molecule is CCN(CC)c1ccc(C2CN(C(=O)OC(C)(C)C)CCN2)cc1. The number of hydrogen-bond acceptors (Lipinski definition) is 4. The Morgan fingerprint density at radius 2 is 1.88 bits per heavy atom. The first-order chi connectivity index (χ1) is 11.3. The number of nitrogens with zero attached hydrogens (tertiary/aromatic N) is 2. The summed E-state index contributed by atoms with van der Waals surface area (Å²) in [6.45, 7) is 14.1. The molecule has 134 valence electrons. The molecule has 5 heteroatoms. The summed E-state index contributed by atoms with van der Waals surface area (Å²) in [6, 6.07) is 8.79. The maximum atomic E-state index is 12.3. The van der Waals surface area contributed by atoms with Crippen molar-refractivity contribution in [2.45, 2.75) is 46.3 Å². The highest BCUT2D eigenvalue weighted by Gasteiger charge is 2.28. The fraction of sp³-hybridized carbons (Fsp3) is 0.632. The molecule has 1 heterocycles. The van der Waals surface area contributed by atoms with Crippen LogP contribution in [0.2, 0.25) is 0 Å². The van der Waals surface area contributed by atoms with Gasteiger partial charge in [0.1, 0.15) is 5.60 Å². The molecule has 24 heavy (non-hydrogen) atoms. The predicted octanol–water partition coefficient (Wildman–Crippen LogP) is 3.41. The minimum Gasteiger partial charge on any atom is -0.444 e. The van der Waals surface area contributed by atoms with E-state index >= 15 is 0 Å². The van der Waals surface area contributed by atoms with E-state index in [0.29, 0.717) is 13.1 Å². The van der Waals surface area contributed by atoms with Gasteiger partial charge in [-0.15, -0.1) is 0 Å². The zero-order valence-electron chi connectivity index (χ0n) is 15.6. The van der Waals surface area contributed by atoms with Crippen molar-refractivity contribution in [3.8, 4) is 0 Å². The fourth-order valence-electron chi connectivity index (χ4n) is 2.97. The molecule has 1 saturated heterocycles. The van der Waals surface area contributed by atoms with E-state index in [1.807, 2.05) is 20.8 Å². The first kappa shape index (κ1) is 18.6. The standard InChI is InChI=1S/C19H31N3O2/c1-6-21(7-2)16-10-8-15(9-11-16)17-14-22(13-12-20-17)18(23)24-19(3,4)5/h8-11,17,20H,6-7,12-14H2,1-5H3. The number of nitrogens with one attached hydrogen (secondary N) is 1. The molecule has 1 N–H and O–H groups in total. The molecular weight excluding hydrogens is 302 g/mol. The van der Waals surface area contributed by atoms with Crippen molar-refractivity contribution >= 4 is 11.8 Å². The zero-order valence-corrected chi connectivity index (χ0v) is 15.6. The van der Waals surface area contributed by atoms with Crippen molar-refractivity contribution in [3.63, 3.8) is 0 Å². The lowest BCUT2D eigenvalue weighted by atomic mass is 10.0. The van der Waals surface area contributed by atoms with Gasteiger partial charge in [-0.2, -0.15) is 0 Å². The third-order valence-corrected chi connectivity index (χ3v) is 4.25. The number of carbonyl (C=O) groups excluding carboxylic acids is 1. The predicted molar refractivity (Wildman–Crippen MR) is 98.6 cm³/mol. The normalized spacial score (nSPS) is 18.4. The number of hydrogen-bond donors (Lipinski definition) is 1. The Morgan fingerprint density at radius 1 is 1.25 bits per heavy atom. The number of benzene rings is 1. The first-order valence-corrected chi connectivity index (χ1v) is 8.90. The number of carbonyl (C=O) groups is 1. The highest BCUT2D eigenvalue weighted by Crippen LogP contribution is 2.22. The van der Waals surface area contributed by atoms with Crippen molar-refractivity contribution in [1.82, 2.24) is 10.2 Å². The van der Waals surface area contributed by atoms with Gasteiger partial charge in [-0.3, -0.25) is 0 Å². The lowest BCUT2D eigenvalue weighted by molar-refractivity contribution is 0.0195. The van der Waals surface area contributed by atoms with Crippen molar-refractivity contribution in [1.29, 1.82) is 0 Å². The maximum absolute atomic E-state index is 12.3. The van der Waals surface area contributed by atoms with Gasteiger partial charge in [0.15, 0.2) is 0 Å². The molecule has 1 atom stereocenters. The third kappa shape index (κ3) is 4.87. The lowest BCUT2D eigenvalue weighted by Crippen LogP contribution is -2.49. The first-order valence-electron chi connectivity index (χ1n) is 8.90. The summed E-state index contributed by atoms with van der Waals surface area (Å²) in [5.74, 6) is 0. The van der Waals surface area contributed by atoms with Crippen LogP contribution in [0, 0.1) is 0 Å². The van der Waals surface area contributed by atoms with Crippen LogP contribution in [0.5, 0.6) is 0 Å². The van der Waals surface area contributed by atoms with Gasteiger partial charge >= 0.3 is 6.09 Å². The molecule has 1 aliphatic heterocycles. The second-order valence-corrected chi connectivity index (χ2v) is 7.20. The van der Waals surface area contributed by atoms with Crippen LogP contribution in [-0.2, 0) is 4.74 Å². The Morgan fingerprint density at radius 3 is 2.42 bits per heavy atom. The highest BCUT2D eigenvalue weighted by molar-refractivity contribution is 5.68. The summed E-state index contributed by atoms with van der Waals surface area (Å²) in [7, 11) is 0. The Labute approximate surface area is 146 Å². The van der Waals surface area contributed by atoms with Gasteiger partial charge in [0.05, 0.1) is 6.04 Å². The summed E-state index contributed by atoms with van der Waals surface area (Å²) >= 11 is 0. The molecule has 0 radical (unpaired) electrons. The van der Waals surface area contributed by atoms with Gasteiger partial charge in [-0.1, -0.05) is 12.1 Å². The molecule has 0 spiro atoms. The van der Waals surface area contributed by atoms with E-state index in [1.165, 1.54) is 11.3 Å². The van der Waals surface area contributed by atoms with Crippen LogP contribution in [0.15, 0.2) is 24.3 Å². The van der Waals surface area contributed by atoms with E-state index in [9.17, 15) is 4.79 Å².